The van der Waals surface area contributed by atoms with Gasteiger partial charge in [0.1, 0.15) is 11.4 Å². The maximum absolute atomic E-state index is 12.9. The number of hydrogen-bond acceptors (Lipinski definition) is 7. The number of nitrogens with zero attached hydrogens (tertiary/aromatic N) is 4. The number of carbonyl (C=O) groups is 1. The summed E-state index contributed by atoms with van der Waals surface area (Å²) >= 11 is 12.1. The van der Waals surface area contributed by atoms with Crippen molar-refractivity contribution in [2.24, 2.45) is 0 Å². The van der Waals surface area contributed by atoms with Gasteiger partial charge in [-0.3, -0.25) is 4.90 Å². The van der Waals surface area contributed by atoms with E-state index >= 15 is 0 Å². The van der Waals surface area contributed by atoms with Crippen LogP contribution in [0.4, 0.5) is 10.6 Å². The minimum atomic E-state index is -0.499. The first-order valence-corrected chi connectivity index (χ1v) is 13.5. The highest BCUT2D eigenvalue weighted by Gasteiger charge is 2.77. The molecule has 0 radical (unpaired) electrons. The summed E-state index contributed by atoms with van der Waals surface area (Å²) < 4.78 is 12.4. The average molecular weight is 554 g/mol. The Balaban J connectivity index is 1.43. The second kappa shape index (κ2) is 7.35. The Kier molecular flexibility index (Phi) is 4.95. The van der Waals surface area contributed by atoms with E-state index in [1.54, 1.807) is 11.8 Å². The highest BCUT2D eigenvalue weighted by molar-refractivity contribution is 9.10. The molecule has 0 N–H and O–H groups in total. The summed E-state index contributed by atoms with van der Waals surface area (Å²) in [5.41, 5.74) is 2.34. The standard InChI is InChI=1S/C23H26BrClN4O3S/c1-5-33-20-26-18-15(11-9-31-10-12(11)16(24)17(18)25)19(27-20)29-13-6-7-23(13)14(29)8-28(23)21(30)32-22(2,3)4/h13-14H,5-10H2,1-4H3. The lowest BCUT2D eigenvalue weighted by atomic mass is 9.52. The number of aromatic nitrogens is 2. The number of thioether (sulfide) groups is 1. The molecule has 3 atom stereocenters. The summed E-state index contributed by atoms with van der Waals surface area (Å²) in [6.45, 7) is 9.53. The SMILES string of the molecule is CCSc1nc(N2C3CCC34C2CN4C(=O)OC(C)(C)C)c2c3c(c(Br)c(Cl)c2n1)COC3. The van der Waals surface area contributed by atoms with Crippen LogP contribution in [0.3, 0.4) is 0 Å². The molecule has 33 heavy (non-hydrogen) atoms. The van der Waals surface area contributed by atoms with Gasteiger partial charge in [-0.25, -0.2) is 14.8 Å². The van der Waals surface area contributed by atoms with Crippen LogP contribution in [0.2, 0.25) is 5.02 Å². The highest BCUT2D eigenvalue weighted by atomic mass is 79.9. The number of halogens is 2. The summed E-state index contributed by atoms with van der Waals surface area (Å²) in [6, 6.07) is 0.475. The number of amides is 1. The summed E-state index contributed by atoms with van der Waals surface area (Å²) in [5, 5.41) is 2.33. The molecule has 3 aliphatic heterocycles. The van der Waals surface area contributed by atoms with Crippen LogP contribution in [0.25, 0.3) is 10.9 Å². The molecule has 4 aliphatic rings. The fourth-order valence-corrected chi connectivity index (χ4v) is 7.23. The van der Waals surface area contributed by atoms with Crippen molar-refractivity contribution in [2.45, 2.75) is 82.1 Å². The fourth-order valence-electron chi connectivity index (χ4n) is 5.87. The van der Waals surface area contributed by atoms with E-state index in [9.17, 15) is 4.79 Å². The minimum Gasteiger partial charge on any atom is -0.444 e. The number of benzene rings is 1. The van der Waals surface area contributed by atoms with Crippen molar-refractivity contribution in [3.8, 4) is 0 Å². The molecule has 3 unspecified atom stereocenters. The largest absolute Gasteiger partial charge is 0.444 e. The van der Waals surface area contributed by atoms with E-state index < -0.39 is 5.60 Å². The van der Waals surface area contributed by atoms with Gasteiger partial charge in [-0.05, 0) is 66.4 Å². The lowest BCUT2D eigenvalue weighted by molar-refractivity contribution is -0.166. The molecule has 0 bridgehead atoms. The van der Waals surface area contributed by atoms with Crippen LogP contribution in [0.5, 0.6) is 0 Å². The number of piperazine rings is 1. The third-order valence-corrected chi connectivity index (χ3v) is 9.53. The summed E-state index contributed by atoms with van der Waals surface area (Å²) in [7, 11) is 0. The number of likely N-dealkylation sites (tertiary alicyclic amines) is 1. The maximum Gasteiger partial charge on any atom is 0.410 e. The molecule has 7 nitrogen and oxygen atoms in total. The fraction of sp³-hybridized carbons (Fsp3) is 0.609. The number of ether oxygens (including phenoxy) is 2. The van der Waals surface area contributed by atoms with Gasteiger partial charge in [-0.1, -0.05) is 30.3 Å². The first kappa shape index (κ1) is 22.2. The summed E-state index contributed by atoms with van der Waals surface area (Å²) in [4.78, 5) is 27.1. The normalized spacial score (nSPS) is 27.3. The van der Waals surface area contributed by atoms with Crippen LogP contribution in [0, 0.1) is 0 Å². The van der Waals surface area contributed by atoms with Crippen LogP contribution in [-0.2, 0) is 22.7 Å². The van der Waals surface area contributed by atoms with Crippen molar-refractivity contribution >= 4 is 62.1 Å². The van der Waals surface area contributed by atoms with Crippen molar-refractivity contribution < 1.29 is 14.3 Å². The van der Waals surface area contributed by atoms with Crippen molar-refractivity contribution in [2.75, 3.05) is 17.2 Å². The molecular weight excluding hydrogens is 528 g/mol. The molecule has 1 aromatic heterocycles. The van der Waals surface area contributed by atoms with Gasteiger partial charge in [0, 0.05) is 11.0 Å². The number of piperidine rings is 1. The van der Waals surface area contributed by atoms with Crippen LogP contribution in [-0.4, -0.2) is 56.5 Å². The van der Waals surface area contributed by atoms with Crippen LogP contribution in [0.1, 0.15) is 51.7 Å². The summed E-state index contributed by atoms with van der Waals surface area (Å²) in [5.74, 6) is 1.81. The molecule has 6 rings (SSSR count). The molecule has 1 saturated carbocycles. The van der Waals surface area contributed by atoms with Crippen LogP contribution in [0.15, 0.2) is 9.63 Å². The molecule has 1 aliphatic carbocycles. The van der Waals surface area contributed by atoms with Gasteiger partial charge >= 0.3 is 6.09 Å². The van der Waals surface area contributed by atoms with E-state index in [2.05, 4.69) is 27.8 Å². The van der Waals surface area contributed by atoms with E-state index in [1.807, 2.05) is 25.7 Å². The molecule has 2 saturated heterocycles. The monoisotopic (exact) mass is 552 g/mol. The second-order valence-corrected chi connectivity index (χ2v) is 12.5. The summed E-state index contributed by atoms with van der Waals surface area (Å²) in [6.07, 6.45) is 1.82. The maximum atomic E-state index is 12.9. The Hall–Kier alpha value is -1.29. The zero-order chi connectivity index (χ0) is 23.3. The lowest BCUT2D eigenvalue weighted by Gasteiger charge is -2.80. The molecule has 1 aromatic carbocycles. The molecule has 1 amide bonds. The van der Waals surface area contributed by atoms with Crippen LogP contribution < -0.4 is 4.90 Å². The predicted octanol–water partition coefficient (Wildman–Crippen LogP) is 5.53. The number of anilines is 1. The number of rotatable bonds is 3. The zero-order valence-corrected chi connectivity index (χ0v) is 22.2. The van der Waals surface area contributed by atoms with Crippen molar-refractivity contribution in [3.05, 3.63) is 20.6 Å². The van der Waals surface area contributed by atoms with Crippen LogP contribution >= 0.6 is 39.3 Å². The molecule has 1 spiro atoms. The predicted molar refractivity (Wildman–Crippen MR) is 132 cm³/mol. The lowest BCUT2D eigenvalue weighted by Crippen LogP contribution is -2.97. The van der Waals surface area contributed by atoms with Gasteiger partial charge in [0.25, 0.3) is 0 Å². The third kappa shape index (κ3) is 2.95. The first-order chi connectivity index (χ1) is 15.7. The molecule has 2 aromatic rings. The zero-order valence-electron chi connectivity index (χ0n) is 19.1. The Morgan fingerprint density at radius 1 is 1.30 bits per heavy atom. The number of hydrogen-bond donors (Lipinski definition) is 0. The highest BCUT2D eigenvalue weighted by Crippen LogP contribution is 2.62. The molecule has 3 fully saturated rings. The minimum absolute atomic E-state index is 0.128. The van der Waals surface area contributed by atoms with E-state index in [-0.39, 0.29) is 23.7 Å². The average Bonchev–Trinajstić information content (AvgIpc) is 3.18. The Morgan fingerprint density at radius 3 is 2.70 bits per heavy atom. The third-order valence-electron chi connectivity index (χ3n) is 7.33. The van der Waals surface area contributed by atoms with Crippen molar-refractivity contribution in [3.63, 3.8) is 0 Å². The second-order valence-electron chi connectivity index (χ2n) is 10.1. The molecule has 176 valence electrons. The quantitative estimate of drug-likeness (QED) is 0.366. The van der Waals surface area contributed by atoms with Crippen molar-refractivity contribution in [1.29, 1.82) is 0 Å². The topological polar surface area (TPSA) is 67.8 Å². The molecular formula is C23H26BrClN4O3S. The Morgan fingerprint density at radius 2 is 2.06 bits per heavy atom. The van der Waals surface area contributed by atoms with E-state index in [1.165, 1.54) is 0 Å². The van der Waals surface area contributed by atoms with Gasteiger partial charge in [0.2, 0.25) is 0 Å². The number of carbonyl (C=O) groups excluding carboxylic acids is 1. The van der Waals surface area contributed by atoms with Gasteiger partial charge in [-0.2, -0.15) is 0 Å². The first-order valence-electron chi connectivity index (χ1n) is 11.4. The van der Waals surface area contributed by atoms with Gasteiger partial charge in [0.15, 0.2) is 5.16 Å². The molecule has 4 heterocycles. The number of fused-ring (bicyclic) bond motifs is 3. The van der Waals surface area contributed by atoms with Gasteiger partial charge in [-0.15, -0.1) is 0 Å². The van der Waals surface area contributed by atoms with E-state index in [0.717, 1.165) is 56.1 Å². The van der Waals surface area contributed by atoms with E-state index in [4.69, 9.17) is 31.0 Å². The molecule has 10 heteroatoms. The Bertz CT molecular complexity index is 1200. The smallest absolute Gasteiger partial charge is 0.410 e. The van der Waals surface area contributed by atoms with Crippen molar-refractivity contribution in [1.82, 2.24) is 14.9 Å². The van der Waals surface area contributed by atoms with E-state index in [0.29, 0.717) is 24.8 Å². The Labute approximate surface area is 210 Å². The van der Waals surface area contributed by atoms with Gasteiger partial charge in [0.05, 0.1) is 46.8 Å². The van der Waals surface area contributed by atoms with Gasteiger partial charge < -0.3 is 14.4 Å².